The number of benzene rings is 1. The first-order valence-corrected chi connectivity index (χ1v) is 10.0. The van der Waals surface area contributed by atoms with Crippen LogP contribution >= 0.6 is 11.6 Å². The minimum absolute atomic E-state index is 0.323. The number of fused-ring (bicyclic) bond motifs is 3. The Morgan fingerprint density at radius 2 is 2.12 bits per heavy atom. The van der Waals surface area contributed by atoms with Gasteiger partial charge >= 0.3 is 0 Å². The minimum Gasteiger partial charge on any atom is -0.384 e. The van der Waals surface area contributed by atoms with Crippen LogP contribution in [0.15, 0.2) is 30.4 Å². The Hall–Kier alpha value is -0.990. The largest absolute Gasteiger partial charge is 0.384 e. The molecule has 2 nitrogen and oxygen atoms in total. The van der Waals surface area contributed by atoms with Gasteiger partial charge in [-0.2, -0.15) is 0 Å². The van der Waals surface area contributed by atoms with E-state index in [1.807, 2.05) is 6.07 Å². The Labute approximate surface area is 150 Å². The number of rotatable bonds is 2. The molecule has 0 amide bonds. The summed E-state index contributed by atoms with van der Waals surface area (Å²) in [6, 6.07) is 6.37. The van der Waals surface area contributed by atoms with Crippen LogP contribution in [0, 0.1) is 17.8 Å². The van der Waals surface area contributed by atoms with Gasteiger partial charge in [0.1, 0.15) is 0 Å². The lowest BCUT2D eigenvalue weighted by atomic mass is 9.61. The molecule has 1 N–H and O–H groups in total. The lowest BCUT2D eigenvalue weighted by molar-refractivity contribution is 0.0443. The predicted molar refractivity (Wildman–Crippen MR) is 101 cm³/mol. The Morgan fingerprint density at radius 3 is 2.96 bits per heavy atom. The maximum Gasteiger partial charge on any atom is 0.0410 e. The number of hydrogen-bond acceptors (Lipinski definition) is 2. The number of allylic oxidation sites excluding steroid dienone is 2. The summed E-state index contributed by atoms with van der Waals surface area (Å²) in [7, 11) is 0. The van der Waals surface area contributed by atoms with Gasteiger partial charge in [0.15, 0.2) is 0 Å². The Bertz CT molecular complexity index is 660. The number of piperidine rings is 1. The van der Waals surface area contributed by atoms with Gasteiger partial charge in [-0.05, 0) is 86.7 Å². The molecule has 0 bridgehead atoms. The number of nitrogens with one attached hydrogen (secondary N) is 1. The molecule has 2 aliphatic carbocycles. The molecule has 2 fully saturated rings. The summed E-state index contributed by atoms with van der Waals surface area (Å²) in [4.78, 5) is 2.73. The molecular formula is C21H27ClN2. The highest BCUT2D eigenvalue weighted by Gasteiger charge is 2.44. The predicted octanol–water partition coefficient (Wildman–Crippen LogP) is 4.70. The van der Waals surface area contributed by atoms with Crippen molar-refractivity contribution in [3.8, 4) is 0 Å². The molecule has 2 aliphatic heterocycles. The second kappa shape index (κ2) is 5.78. The lowest BCUT2D eigenvalue weighted by Gasteiger charge is -2.49. The van der Waals surface area contributed by atoms with Crippen molar-refractivity contribution in [2.45, 2.75) is 37.5 Å². The van der Waals surface area contributed by atoms with E-state index in [-0.39, 0.29) is 0 Å². The van der Waals surface area contributed by atoms with Gasteiger partial charge in [0, 0.05) is 29.2 Å². The van der Waals surface area contributed by atoms with Crippen molar-refractivity contribution in [2.75, 3.05) is 31.5 Å². The second-order valence-corrected chi connectivity index (χ2v) is 8.90. The van der Waals surface area contributed by atoms with E-state index in [4.69, 9.17) is 11.6 Å². The summed E-state index contributed by atoms with van der Waals surface area (Å²) in [5.74, 6) is 2.82. The van der Waals surface area contributed by atoms with E-state index in [9.17, 15) is 0 Å². The molecule has 0 aromatic heterocycles. The van der Waals surface area contributed by atoms with Gasteiger partial charge in [-0.25, -0.2) is 0 Å². The maximum atomic E-state index is 6.27. The maximum absolute atomic E-state index is 6.27. The Balaban J connectivity index is 1.24. The van der Waals surface area contributed by atoms with Crippen LogP contribution in [0.5, 0.6) is 0 Å². The third kappa shape index (κ3) is 2.42. The quantitative estimate of drug-likeness (QED) is 0.783. The number of anilines is 1. The smallest absolute Gasteiger partial charge is 0.0410 e. The van der Waals surface area contributed by atoms with E-state index in [1.165, 1.54) is 63.0 Å². The second-order valence-electron chi connectivity index (χ2n) is 8.46. The third-order valence-electron chi connectivity index (χ3n) is 7.23. The molecule has 5 rings (SSSR count). The van der Waals surface area contributed by atoms with E-state index >= 15 is 0 Å². The van der Waals surface area contributed by atoms with E-state index in [0.29, 0.717) is 5.41 Å². The molecule has 1 saturated heterocycles. The van der Waals surface area contributed by atoms with Crippen LogP contribution in [0.3, 0.4) is 0 Å². The highest BCUT2D eigenvalue weighted by molar-refractivity contribution is 6.30. The van der Waals surface area contributed by atoms with Crippen molar-refractivity contribution in [1.29, 1.82) is 0 Å². The fraction of sp³-hybridized carbons (Fsp3) is 0.619. The minimum atomic E-state index is 0.323. The Kier molecular flexibility index (Phi) is 3.68. The molecule has 4 aliphatic rings. The molecule has 1 aromatic carbocycles. The molecule has 128 valence electrons. The van der Waals surface area contributed by atoms with Gasteiger partial charge in [0.05, 0.1) is 0 Å². The molecule has 1 spiro atoms. The van der Waals surface area contributed by atoms with Gasteiger partial charge in [-0.1, -0.05) is 23.8 Å². The molecule has 3 atom stereocenters. The van der Waals surface area contributed by atoms with Crippen LogP contribution in [-0.4, -0.2) is 31.1 Å². The first kappa shape index (κ1) is 15.3. The zero-order valence-electron chi connectivity index (χ0n) is 14.3. The first-order chi connectivity index (χ1) is 11.7. The summed E-state index contributed by atoms with van der Waals surface area (Å²) < 4.78 is 0. The summed E-state index contributed by atoms with van der Waals surface area (Å²) in [6.45, 7) is 4.89. The van der Waals surface area contributed by atoms with E-state index < -0.39 is 0 Å². The van der Waals surface area contributed by atoms with Crippen molar-refractivity contribution >= 4 is 17.3 Å². The zero-order valence-corrected chi connectivity index (χ0v) is 15.1. The van der Waals surface area contributed by atoms with Crippen LogP contribution in [-0.2, 0) is 5.41 Å². The molecule has 1 saturated carbocycles. The SMILES string of the molecule is Clc1ccc2c(c1)C1(CCN(CC3CC4CCC=CC43)CC1)CN2. The van der Waals surface area contributed by atoms with Gasteiger partial charge in [-0.3, -0.25) is 0 Å². The van der Waals surface area contributed by atoms with Crippen LogP contribution in [0.1, 0.15) is 37.7 Å². The van der Waals surface area contributed by atoms with Gasteiger partial charge < -0.3 is 10.2 Å². The van der Waals surface area contributed by atoms with Crippen LogP contribution < -0.4 is 5.32 Å². The summed E-state index contributed by atoms with van der Waals surface area (Å²) in [5, 5.41) is 4.50. The monoisotopic (exact) mass is 342 g/mol. The third-order valence-corrected chi connectivity index (χ3v) is 7.47. The average molecular weight is 343 g/mol. The Morgan fingerprint density at radius 1 is 1.25 bits per heavy atom. The fourth-order valence-electron chi connectivity index (χ4n) is 5.69. The number of likely N-dealkylation sites (tertiary alicyclic amines) is 1. The summed E-state index contributed by atoms with van der Waals surface area (Å²) in [6.07, 6.45) is 11.7. The molecule has 2 heterocycles. The summed E-state index contributed by atoms with van der Waals surface area (Å²) in [5.41, 5.74) is 3.10. The normalized spacial score (nSPS) is 33.6. The number of hydrogen-bond donors (Lipinski definition) is 1. The van der Waals surface area contributed by atoms with Crippen molar-refractivity contribution in [3.63, 3.8) is 0 Å². The van der Waals surface area contributed by atoms with Crippen molar-refractivity contribution in [1.82, 2.24) is 4.90 Å². The van der Waals surface area contributed by atoms with Crippen LogP contribution in [0.2, 0.25) is 5.02 Å². The molecule has 3 heteroatoms. The molecule has 0 radical (unpaired) electrons. The topological polar surface area (TPSA) is 15.3 Å². The lowest BCUT2D eigenvalue weighted by Crippen LogP contribution is -2.49. The molecule has 24 heavy (non-hydrogen) atoms. The number of halogens is 1. The average Bonchev–Trinajstić information content (AvgIpc) is 2.92. The summed E-state index contributed by atoms with van der Waals surface area (Å²) >= 11 is 6.27. The van der Waals surface area contributed by atoms with E-state index in [2.05, 4.69) is 34.5 Å². The molecule has 3 unspecified atom stereocenters. The van der Waals surface area contributed by atoms with Crippen LogP contribution in [0.25, 0.3) is 0 Å². The highest BCUT2D eigenvalue weighted by Crippen LogP contribution is 2.48. The van der Waals surface area contributed by atoms with Crippen molar-refractivity contribution in [3.05, 3.63) is 40.9 Å². The number of nitrogens with zero attached hydrogens (tertiary/aromatic N) is 1. The van der Waals surface area contributed by atoms with Gasteiger partial charge in [-0.15, -0.1) is 0 Å². The van der Waals surface area contributed by atoms with Crippen molar-refractivity contribution in [2.24, 2.45) is 17.8 Å². The molecule has 1 aromatic rings. The first-order valence-electron chi connectivity index (χ1n) is 9.66. The zero-order chi connectivity index (χ0) is 16.1. The van der Waals surface area contributed by atoms with Crippen molar-refractivity contribution < 1.29 is 0 Å². The standard InChI is InChI=1S/C21H27ClN2/c22-17-5-6-20-19(12-17)21(14-23-20)7-9-24(10-8-21)13-16-11-15-3-1-2-4-18(15)16/h2,4-6,12,15-16,18,23H,1,3,7-11,13-14H2. The molecular weight excluding hydrogens is 316 g/mol. The van der Waals surface area contributed by atoms with Crippen LogP contribution in [0.4, 0.5) is 5.69 Å². The van der Waals surface area contributed by atoms with Gasteiger partial charge in [0.2, 0.25) is 0 Å². The van der Waals surface area contributed by atoms with E-state index in [1.54, 1.807) is 0 Å². The van der Waals surface area contributed by atoms with Gasteiger partial charge in [0.25, 0.3) is 0 Å². The highest BCUT2D eigenvalue weighted by atomic mass is 35.5. The van der Waals surface area contributed by atoms with E-state index in [0.717, 1.165) is 29.3 Å². The fourth-order valence-corrected chi connectivity index (χ4v) is 5.86.